The van der Waals surface area contributed by atoms with Crippen LogP contribution in [-0.4, -0.2) is 53.8 Å². The lowest BCUT2D eigenvalue weighted by Crippen LogP contribution is -2.16. The van der Waals surface area contributed by atoms with E-state index in [1.165, 1.54) is 20.5 Å². The lowest BCUT2D eigenvalue weighted by molar-refractivity contribution is -0.142. The third-order valence-corrected chi connectivity index (χ3v) is 4.42. The SMILES string of the molecule is CCOC(=O)Cc1nc(-c2c(OC)ncnc2C2CC2)ncc1C(OC)OC. The van der Waals surface area contributed by atoms with Crippen molar-refractivity contribution in [1.82, 2.24) is 19.9 Å². The molecule has 150 valence electrons. The Morgan fingerprint density at radius 3 is 2.54 bits per heavy atom. The third-order valence-electron chi connectivity index (χ3n) is 4.42. The number of hydrogen-bond donors (Lipinski definition) is 0. The molecule has 0 amide bonds. The topological polar surface area (TPSA) is 106 Å². The van der Waals surface area contributed by atoms with Crippen LogP contribution in [0.2, 0.25) is 0 Å². The third kappa shape index (κ3) is 4.26. The van der Waals surface area contributed by atoms with Gasteiger partial charge in [0.2, 0.25) is 5.88 Å². The fourth-order valence-corrected chi connectivity index (χ4v) is 3.00. The van der Waals surface area contributed by atoms with Crippen molar-refractivity contribution in [1.29, 1.82) is 0 Å². The second-order valence-electron chi connectivity index (χ2n) is 6.30. The minimum Gasteiger partial charge on any atom is -0.480 e. The molecule has 3 rings (SSSR count). The van der Waals surface area contributed by atoms with Crippen LogP contribution in [-0.2, 0) is 25.4 Å². The molecule has 0 bridgehead atoms. The predicted molar refractivity (Wildman–Crippen MR) is 98.7 cm³/mol. The molecular weight excluding hydrogens is 364 g/mol. The van der Waals surface area contributed by atoms with Gasteiger partial charge in [-0.05, 0) is 19.8 Å². The smallest absolute Gasteiger partial charge is 0.311 e. The van der Waals surface area contributed by atoms with E-state index in [1.54, 1.807) is 20.2 Å². The van der Waals surface area contributed by atoms with Gasteiger partial charge in [0, 0.05) is 31.9 Å². The Hall–Kier alpha value is -2.65. The molecule has 1 aliphatic rings. The van der Waals surface area contributed by atoms with Crippen molar-refractivity contribution in [2.24, 2.45) is 0 Å². The maximum absolute atomic E-state index is 12.1. The lowest BCUT2D eigenvalue weighted by atomic mass is 10.1. The molecule has 2 heterocycles. The summed E-state index contributed by atoms with van der Waals surface area (Å²) in [6.07, 6.45) is 4.45. The molecule has 0 aromatic carbocycles. The number of hydrogen-bond acceptors (Lipinski definition) is 9. The molecule has 28 heavy (non-hydrogen) atoms. The first-order valence-electron chi connectivity index (χ1n) is 9.09. The van der Waals surface area contributed by atoms with E-state index in [-0.39, 0.29) is 13.0 Å². The Bertz CT molecular complexity index is 837. The van der Waals surface area contributed by atoms with Crippen molar-refractivity contribution < 1.29 is 23.7 Å². The Balaban J connectivity index is 2.09. The van der Waals surface area contributed by atoms with E-state index in [9.17, 15) is 4.79 Å². The molecule has 0 radical (unpaired) electrons. The summed E-state index contributed by atoms with van der Waals surface area (Å²) >= 11 is 0. The number of esters is 1. The normalized spacial score (nSPS) is 13.6. The summed E-state index contributed by atoms with van der Waals surface area (Å²) in [5, 5.41) is 0. The Morgan fingerprint density at radius 2 is 1.93 bits per heavy atom. The van der Waals surface area contributed by atoms with Crippen molar-refractivity contribution in [3.8, 4) is 17.3 Å². The van der Waals surface area contributed by atoms with Gasteiger partial charge in [0.25, 0.3) is 0 Å². The van der Waals surface area contributed by atoms with Gasteiger partial charge in [0.05, 0.1) is 31.5 Å². The maximum Gasteiger partial charge on any atom is 0.311 e. The molecule has 9 heteroatoms. The quantitative estimate of drug-likeness (QED) is 0.472. The number of nitrogens with zero attached hydrogens (tertiary/aromatic N) is 4. The van der Waals surface area contributed by atoms with Crippen LogP contribution in [0.4, 0.5) is 0 Å². The average molecular weight is 388 g/mol. The number of aromatic nitrogens is 4. The standard InChI is InChI=1S/C19H24N4O5/c1-5-28-14(24)8-13-12(19(26-3)27-4)9-20-17(23-13)15-16(11-6-7-11)21-10-22-18(15)25-2/h9-11,19H,5-8H2,1-4H3. The molecule has 1 fully saturated rings. The minimum atomic E-state index is -0.699. The van der Waals surface area contributed by atoms with Gasteiger partial charge in [-0.25, -0.2) is 19.9 Å². The van der Waals surface area contributed by atoms with Crippen LogP contribution in [0.3, 0.4) is 0 Å². The second-order valence-corrected chi connectivity index (χ2v) is 6.30. The summed E-state index contributed by atoms with van der Waals surface area (Å²) in [5.41, 5.74) is 2.53. The van der Waals surface area contributed by atoms with Gasteiger partial charge in [-0.15, -0.1) is 0 Å². The van der Waals surface area contributed by atoms with Gasteiger partial charge >= 0.3 is 5.97 Å². The van der Waals surface area contributed by atoms with E-state index in [2.05, 4.69) is 19.9 Å². The van der Waals surface area contributed by atoms with Crippen molar-refractivity contribution in [3.63, 3.8) is 0 Å². The zero-order valence-corrected chi connectivity index (χ0v) is 16.5. The van der Waals surface area contributed by atoms with E-state index >= 15 is 0 Å². The van der Waals surface area contributed by atoms with Gasteiger partial charge < -0.3 is 18.9 Å². The molecule has 0 spiro atoms. The van der Waals surface area contributed by atoms with Crippen LogP contribution in [0.5, 0.6) is 5.88 Å². The first-order chi connectivity index (χ1) is 13.6. The molecule has 1 saturated carbocycles. The van der Waals surface area contributed by atoms with Gasteiger partial charge in [-0.2, -0.15) is 0 Å². The summed E-state index contributed by atoms with van der Waals surface area (Å²) in [6, 6.07) is 0. The molecule has 0 atom stereocenters. The summed E-state index contributed by atoms with van der Waals surface area (Å²) in [7, 11) is 4.56. The fraction of sp³-hybridized carbons (Fsp3) is 0.526. The highest BCUT2D eigenvalue weighted by molar-refractivity contribution is 5.73. The van der Waals surface area contributed by atoms with Crippen molar-refractivity contribution >= 4 is 5.97 Å². The van der Waals surface area contributed by atoms with Crippen molar-refractivity contribution in [2.75, 3.05) is 27.9 Å². The minimum absolute atomic E-state index is 0.0311. The molecule has 0 unspecified atom stereocenters. The molecule has 0 saturated heterocycles. The van der Waals surface area contributed by atoms with Gasteiger partial charge in [-0.3, -0.25) is 4.79 Å². The molecule has 9 nitrogen and oxygen atoms in total. The molecular formula is C19H24N4O5. The summed E-state index contributed by atoms with van der Waals surface area (Å²) in [6.45, 7) is 2.04. The Kier molecular flexibility index (Phi) is 6.48. The first kappa shape index (κ1) is 20.1. The van der Waals surface area contributed by atoms with Crippen LogP contribution in [0, 0.1) is 0 Å². The van der Waals surface area contributed by atoms with Crippen LogP contribution in [0.25, 0.3) is 11.4 Å². The monoisotopic (exact) mass is 388 g/mol. The number of ether oxygens (including phenoxy) is 4. The molecule has 1 aliphatic carbocycles. The summed E-state index contributed by atoms with van der Waals surface area (Å²) in [4.78, 5) is 29.8. The molecule has 2 aromatic heterocycles. The molecule has 0 aliphatic heterocycles. The van der Waals surface area contributed by atoms with Gasteiger partial charge in [0.1, 0.15) is 11.9 Å². The van der Waals surface area contributed by atoms with Crippen molar-refractivity contribution in [2.45, 2.75) is 38.4 Å². The lowest BCUT2D eigenvalue weighted by Gasteiger charge is -2.18. The number of carbonyl (C=O) groups excluding carboxylic acids is 1. The molecule has 2 aromatic rings. The highest BCUT2D eigenvalue weighted by Crippen LogP contribution is 2.44. The van der Waals surface area contributed by atoms with Crippen LogP contribution >= 0.6 is 0 Å². The highest BCUT2D eigenvalue weighted by atomic mass is 16.7. The van der Waals surface area contributed by atoms with Crippen molar-refractivity contribution in [3.05, 3.63) is 29.5 Å². The Morgan fingerprint density at radius 1 is 1.18 bits per heavy atom. The zero-order chi connectivity index (χ0) is 20.1. The van der Waals surface area contributed by atoms with E-state index < -0.39 is 12.3 Å². The number of rotatable bonds is 9. The first-order valence-corrected chi connectivity index (χ1v) is 9.09. The van der Waals surface area contributed by atoms with E-state index in [0.29, 0.717) is 34.4 Å². The largest absolute Gasteiger partial charge is 0.480 e. The van der Waals surface area contributed by atoms with Gasteiger partial charge in [-0.1, -0.05) is 0 Å². The van der Waals surface area contributed by atoms with E-state index in [1.807, 2.05) is 0 Å². The molecule has 0 N–H and O–H groups in total. The Labute approximate surface area is 163 Å². The van der Waals surface area contributed by atoms with E-state index in [4.69, 9.17) is 18.9 Å². The highest BCUT2D eigenvalue weighted by Gasteiger charge is 2.32. The van der Waals surface area contributed by atoms with Crippen LogP contribution < -0.4 is 4.74 Å². The number of carbonyl (C=O) groups is 1. The zero-order valence-electron chi connectivity index (χ0n) is 16.5. The van der Waals surface area contributed by atoms with E-state index in [0.717, 1.165) is 18.5 Å². The predicted octanol–water partition coefficient (Wildman–Crippen LogP) is 2.22. The second kappa shape index (κ2) is 9.03. The maximum atomic E-state index is 12.1. The average Bonchev–Trinajstić information content (AvgIpc) is 3.54. The number of methoxy groups -OCH3 is 3. The fourth-order valence-electron chi connectivity index (χ4n) is 3.00. The summed E-state index contributed by atoms with van der Waals surface area (Å²) in [5.74, 6) is 0.752. The summed E-state index contributed by atoms with van der Waals surface area (Å²) < 4.78 is 21.2. The van der Waals surface area contributed by atoms with Crippen LogP contribution in [0.15, 0.2) is 12.5 Å². The van der Waals surface area contributed by atoms with Gasteiger partial charge in [0.15, 0.2) is 12.1 Å². The van der Waals surface area contributed by atoms with Crippen LogP contribution in [0.1, 0.15) is 48.9 Å².